The third-order valence-electron chi connectivity index (χ3n) is 1.98. The minimum absolute atomic E-state index is 0.465. The normalized spacial score (nSPS) is 10.9. The smallest absolute Gasteiger partial charge is 0.442 e. The van der Waals surface area contributed by atoms with Gasteiger partial charge in [0.15, 0.2) is 5.75 Å². The van der Waals surface area contributed by atoms with Crippen LogP contribution in [0.1, 0.15) is 34.1 Å². The molecule has 0 radical (unpaired) electrons. The van der Waals surface area contributed by atoms with E-state index < -0.39 is 11.7 Å². The summed E-state index contributed by atoms with van der Waals surface area (Å²) in [7, 11) is 0. The van der Waals surface area contributed by atoms with Crippen LogP contribution in [0.15, 0.2) is 30.3 Å². The number of hydroxylamine groups is 2. The number of amides is 1. The molecule has 0 fully saturated rings. The molecular weight excluding hydrogens is 230 g/mol. The molecule has 1 aromatic rings. The van der Waals surface area contributed by atoms with Crippen molar-refractivity contribution >= 4 is 6.09 Å². The molecule has 0 aliphatic carbocycles. The van der Waals surface area contributed by atoms with E-state index in [1.54, 1.807) is 12.1 Å². The molecule has 0 aliphatic rings. The Morgan fingerprint density at radius 2 is 1.83 bits per heavy atom. The van der Waals surface area contributed by atoms with Gasteiger partial charge >= 0.3 is 6.09 Å². The van der Waals surface area contributed by atoms with Crippen molar-refractivity contribution in [2.24, 2.45) is 0 Å². The van der Waals surface area contributed by atoms with E-state index in [1.807, 2.05) is 45.9 Å². The zero-order valence-electron chi connectivity index (χ0n) is 11.5. The van der Waals surface area contributed by atoms with Gasteiger partial charge in [-0.05, 0) is 39.3 Å². The fourth-order valence-corrected chi connectivity index (χ4v) is 1.30. The minimum Gasteiger partial charge on any atom is -0.442 e. The standard InChI is InChI=1S/C14H21NO3/c1-5-11-15(13(16)17-14(2,3)4)18-12-9-7-6-8-10-12/h6-10H,5,11H2,1-4H3. The first-order chi connectivity index (χ1) is 8.42. The molecule has 18 heavy (non-hydrogen) atoms. The number of benzene rings is 1. The average Bonchev–Trinajstić information content (AvgIpc) is 2.27. The minimum atomic E-state index is -0.525. The summed E-state index contributed by atoms with van der Waals surface area (Å²) in [4.78, 5) is 17.5. The zero-order valence-corrected chi connectivity index (χ0v) is 11.5. The van der Waals surface area contributed by atoms with Crippen LogP contribution in [-0.2, 0) is 4.74 Å². The van der Waals surface area contributed by atoms with Gasteiger partial charge in [0, 0.05) is 0 Å². The van der Waals surface area contributed by atoms with E-state index in [4.69, 9.17) is 9.57 Å². The Kier molecular flexibility index (Phi) is 5.01. The van der Waals surface area contributed by atoms with Crippen molar-refractivity contribution in [3.63, 3.8) is 0 Å². The lowest BCUT2D eigenvalue weighted by Gasteiger charge is -2.26. The number of carbonyl (C=O) groups is 1. The predicted octanol–water partition coefficient (Wildman–Crippen LogP) is 3.63. The first-order valence-electron chi connectivity index (χ1n) is 6.16. The fraction of sp³-hybridized carbons (Fsp3) is 0.500. The van der Waals surface area contributed by atoms with Crippen LogP contribution >= 0.6 is 0 Å². The van der Waals surface area contributed by atoms with Crippen molar-refractivity contribution in [3.05, 3.63) is 30.3 Å². The summed E-state index contributed by atoms with van der Waals surface area (Å²) in [6, 6.07) is 9.20. The second kappa shape index (κ2) is 6.28. The molecule has 0 heterocycles. The molecule has 4 nitrogen and oxygen atoms in total. The SMILES string of the molecule is CCCN(Oc1ccccc1)C(=O)OC(C)(C)C. The zero-order chi connectivity index (χ0) is 13.6. The molecule has 0 atom stereocenters. The molecule has 100 valence electrons. The van der Waals surface area contributed by atoms with E-state index in [-0.39, 0.29) is 0 Å². The topological polar surface area (TPSA) is 38.8 Å². The molecule has 0 N–H and O–H groups in total. The van der Waals surface area contributed by atoms with Crippen molar-refractivity contribution < 1.29 is 14.4 Å². The molecule has 0 aliphatic heterocycles. The van der Waals surface area contributed by atoms with Gasteiger partial charge in [-0.2, -0.15) is 0 Å². The molecule has 0 saturated heterocycles. The largest absolute Gasteiger partial charge is 0.443 e. The summed E-state index contributed by atoms with van der Waals surface area (Å²) in [5.41, 5.74) is -0.525. The Morgan fingerprint density at radius 1 is 1.22 bits per heavy atom. The average molecular weight is 251 g/mol. The van der Waals surface area contributed by atoms with E-state index in [0.717, 1.165) is 6.42 Å². The van der Waals surface area contributed by atoms with Crippen molar-refractivity contribution in [1.29, 1.82) is 0 Å². The first kappa shape index (κ1) is 14.4. The molecule has 4 heteroatoms. The van der Waals surface area contributed by atoms with Crippen LogP contribution in [0, 0.1) is 0 Å². The van der Waals surface area contributed by atoms with Crippen LogP contribution in [0.5, 0.6) is 5.75 Å². The number of para-hydroxylation sites is 1. The molecular formula is C14H21NO3. The quantitative estimate of drug-likeness (QED) is 0.767. The van der Waals surface area contributed by atoms with Crippen LogP contribution in [0.3, 0.4) is 0 Å². The van der Waals surface area contributed by atoms with Gasteiger partial charge in [-0.1, -0.05) is 25.1 Å². The molecule has 1 aromatic carbocycles. The molecule has 0 aromatic heterocycles. The van der Waals surface area contributed by atoms with Gasteiger partial charge in [0.25, 0.3) is 0 Å². The van der Waals surface area contributed by atoms with E-state index in [2.05, 4.69) is 0 Å². The number of ether oxygens (including phenoxy) is 1. The molecule has 0 saturated carbocycles. The third kappa shape index (κ3) is 5.08. The Morgan fingerprint density at radius 3 is 2.33 bits per heavy atom. The Labute approximate surface area is 108 Å². The van der Waals surface area contributed by atoms with E-state index in [0.29, 0.717) is 12.3 Å². The van der Waals surface area contributed by atoms with Gasteiger partial charge in [0.05, 0.1) is 6.54 Å². The maximum Gasteiger partial charge on any atom is 0.443 e. The van der Waals surface area contributed by atoms with E-state index >= 15 is 0 Å². The maximum absolute atomic E-state index is 11.9. The van der Waals surface area contributed by atoms with Gasteiger partial charge in [-0.25, -0.2) is 4.79 Å². The number of nitrogens with zero attached hydrogens (tertiary/aromatic N) is 1. The van der Waals surface area contributed by atoms with Crippen molar-refractivity contribution in [2.45, 2.75) is 39.7 Å². The lowest BCUT2D eigenvalue weighted by Crippen LogP contribution is -2.39. The Balaban J connectivity index is 2.68. The predicted molar refractivity (Wildman–Crippen MR) is 70.3 cm³/mol. The Bertz CT molecular complexity index is 370. The van der Waals surface area contributed by atoms with Gasteiger partial charge < -0.3 is 9.57 Å². The van der Waals surface area contributed by atoms with Crippen molar-refractivity contribution in [2.75, 3.05) is 6.54 Å². The lowest BCUT2D eigenvalue weighted by atomic mass is 10.2. The highest BCUT2D eigenvalue weighted by molar-refractivity contribution is 5.67. The van der Waals surface area contributed by atoms with Crippen LogP contribution in [-0.4, -0.2) is 23.3 Å². The molecule has 0 bridgehead atoms. The highest BCUT2D eigenvalue weighted by Crippen LogP contribution is 2.14. The highest BCUT2D eigenvalue weighted by atomic mass is 16.7. The monoisotopic (exact) mass is 251 g/mol. The van der Waals surface area contributed by atoms with Crippen LogP contribution in [0.25, 0.3) is 0 Å². The third-order valence-corrected chi connectivity index (χ3v) is 1.98. The number of hydrogen-bond acceptors (Lipinski definition) is 3. The van der Waals surface area contributed by atoms with Crippen LogP contribution < -0.4 is 4.84 Å². The summed E-state index contributed by atoms with van der Waals surface area (Å²) in [6.45, 7) is 7.96. The van der Waals surface area contributed by atoms with Gasteiger partial charge in [-0.15, -0.1) is 5.06 Å². The first-order valence-corrected chi connectivity index (χ1v) is 6.16. The number of carbonyl (C=O) groups excluding carboxylic acids is 1. The second-order valence-electron chi connectivity index (χ2n) is 4.99. The highest BCUT2D eigenvalue weighted by Gasteiger charge is 2.23. The Hall–Kier alpha value is -1.71. The van der Waals surface area contributed by atoms with Gasteiger partial charge in [0.2, 0.25) is 0 Å². The van der Waals surface area contributed by atoms with Crippen molar-refractivity contribution in [3.8, 4) is 5.75 Å². The second-order valence-corrected chi connectivity index (χ2v) is 4.99. The molecule has 0 unspecified atom stereocenters. The van der Waals surface area contributed by atoms with Gasteiger partial charge in [0.1, 0.15) is 5.60 Å². The molecule has 1 amide bonds. The molecule has 0 spiro atoms. The maximum atomic E-state index is 11.9. The number of rotatable bonds is 4. The van der Waals surface area contributed by atoms with Crippen LogP contribution in [0.4, 0.5) is 4.79 Å². The fourth-order valence-electron chi connectivity index (χ4n) is 1.30. The summed E-state index contributed by atoms with van der Waals surface area (Å²) < 4.78 is 5.29. The molecule has 1 rings (SSSR count). The lowest BCUT2D eigenvalue weighted by molar-refractivity contribution is -0.0722. The summed E-state index contributed by atoms with van der Waals surface area (Å²) in [5, 5.41) is 1.25. The van der Waals surface area contributed by atoms with Crippen molar-refractivity contribution in [1.82, 2.24) is 5.06 Å². The summed E-state index contributed by atoms with van der Waals surface area (Å²) in [5.74, 6) is 0.622. The van der Waals surface area contributed by atoms with E-state index in [1.165, 1.54) is 5.06 Å². The van der Waals surface area contributed by atoms with Gasteiger partial charge in [-0.3, -0.25) is 0 Å². The van der Waals surface area contributed by atoms with Crippen LogP contribution in [0.2, 0.25) is 0 Å². The summed E-state index contributed by atoms with van der Waals surface area (Å²) in [6.07, 6.45) is 0.333. The number of hydrogen-bond donors (Lipinski definition) is 0. The van der Waals surface area contributed by atoms with E-state index in [9.17, 15) is 4.79 Å². The summed E-state index contributed by atoms with van der Waals surface area (Å²) >= 11 is 0.